The van der Waals surface area contributed by atoms with Crippen molar-refractivity contribution >= 4 is 56.0 Å². The van der Waals surface area contributed by atoms with Crippen LogP contribution in [0.2, 0.25) is 0 Å². The molecular formula is C30H21IN2. The van der Waals surface area contributed by atoms with Crippen LogP contribution in [-0.4, -0.2) is 4.57 Å². The second kappa shape index (κ2) is 8.41. The molecule has 33 heavy (non-hydrogen) atoms. The lowest BCUT2D eigenvalue weighted by molar-refractivity contribution is 1.18. The zero-order valence-corrected chi connectivity index (χ0v) is 20.1. The fraction of sp³-hybridized carbons (Fsp3) is 0. The van der Waals surface area contributed by atoms with Crippen LogP contribution in [0.4, 0.5) is 11.4 Å². The zero-order valence-electron chi connectivity index (χ0n) is 17.9. The van der Waals surface area contributed by atoms with Gasteiger partial charge >= 0.3 is 0 Å². The molecule has 2 nitrogen and oxygen atoms in total. The van der Waals surface area contributed by atoms with Crippen LogP contribution < -0.4 is 3.11 Å². The number of nitrogens with zero attached hydrogens (tertiary/aromatic N) is 2. The molecule has 0 aliphatic rings. The predicted molar refractivity (Wildman–Crippen MR) is 149 cm³/mol. The van der Waals surface area contributed by atoms with Crippen molar-refractivity contribution in [2.75, 3.05) is 3.11 Å². The summed E-state index contributed by atoms with van der Waals surface area (Å²) in [6.45, 7) is 0. The van der Waals surface area contributed by atoms with E-state index in [1.807, 2.05) is 6.07 Å². The molecule has 5 aromatic carbocycles. The highest BCUT2D eigenvalue weighted by atomic mass is 127. The van der Waals surface area contributed by atoms with Crippen molar-refractivity contribution in [3.05, 3.63) is 127 Å². The largest absolute Gasteiger partial charge is 0.309 e. The molecule has 0 saturated carbocycles. The zero-order chi connectivity index (χ0) is 22.2. The summed E-state index contributed by atoms with van der Waals surface area (Å²) in [7, 11) is 0. The van der Waals surface area contributed by atoms with E-state index in [2.05, 4.69) is 152 Å². The normalized spacial score (nSPS) is 11.2. The molecule has 0 amide bonds. The first-order chi connectivity index (χ1) is 16.3. The van der Waals surface area contributed by atoms with Gasteiger partial charge in [0.25, 0.3) is 0 Å². The number of hydrogen-bond acceptors (Lipinski definition) is 1. The quantitative estimate of drug-likeness (QED) is 0.161. The van der Waals surface area contributed by atoms with Crippen LogP contribution >= 0.6 is 22.9 Å². The van der Waals surface area contributed by atoms with Gasteiger partial charge in [0.2, 0.25) is 0 Å². The van der Waals surface area contributed by atoms with Gasteiger partial charge in [-0.25, -0.2) is 0 Å². The number of anilines is 2. The number of halogens is 1. The van der Waals surface area contributed by atoms with Gasteiger partial charge in [-0.3, -0.25) is 3.11 Å². The number of hydrogen-bond donors (Lipinski definition) is 0. The maximum Gasteiger partial charge on any atom is 0.0646 e. The predicted octanol–water partition coefficient (Wildman–Crippen LogP) is 8.94. The Bertz CT molecular complexity index is 1550. The Morgan fingerprint density at radius 1 is 0.485 bits per heavy atom. The van der Waals surface area contributed by atoms with Crippen molar-refractivity contribution in [1.82, 2.24) is 4.57 Å². The summed E-state index contributed by atoms with van der Waals surface area (Å²) in [5, 5.41) is 2.55. The molecule has 0 N–H and O–H groups in total. The summed E-state index contributed by atoms with van der Waals surface area (Å²) < 4.78 is 4.53. The van der Waals surface area contributed by atoms with Gasteiger partial charge < -0.3 is 4.57 Å². The Balaban J connectivity index is 1.44. The molecule has 0 aliphatic carbocycles. The van der Waals surface area contributed by atoms with Gasteiger partial charge in [0.1, 0.15) is 0 Å². The third-order valence-corrected chi connectivity index (χ3v) is 7.21. The lowest BCUT2D eigenvalue weighted by Gasteiger charge is -2.17. The fourth-order valence-corrected chi connectivity index (χ4v) is 5.14. The van der Waals surface area contributed by atoms with Gasteiger partial charge in [-0.1, -0.05) is 72.8 Å². The van der Waals surface area contributed by atoms with Gasteiger partial charge in [-0.05, 0) is 65.7 Å². The van der Waals surface area contributed by atoms with E-state index in [9.17, 15) is 0 Å². The molecular weight excluding hydrogens is 515 g/mol. The number of aromatic nitrogens is 1. The third kappa shape index (κ3) is 3.58. The number of rotatable bonds is 4. The second-order valence-corrected chi connectivity index (χ2v) is 9.05. The molecule has 0 unspecified atom stereocenters. The van der Waals surface area contributed by atoms with Gasteiger partial charge in [0.05, 0.1) is 45.3 Å². The average Bonchev–Trinajstić information content (AvgIpc) is 3.23. The Kier molecular flexibility index (Phi) is 5.11. The number of para-hydroxylation sites is 3. The summed E-state index contributed by atoms with van der Waals surface area (Å²) in [4.78, 5) is 0. The third-order valence-electron chi connectivity index (χ3n) is 6.10. The van der Waals surface area contributed by atoms with Crippen LogP contribution in [0.15, 0.2) is 127 Å². The first-order valence-corrected chi connectivity index (χ1v) is 12.0. The first-order valence-electron chi connectivity index (χ1n) is 11.0. The number of fused-ring (bicyclic) bond motifs is 3. The van der Waals surface area contributed by atoms with Crippen LogP contribution in [0, 0.1) is 0 Å². The first kappa shape index (κ1) is 20.1. The molecule has 6 aromatic rings. The summed E-state index contributed by atoms with van der Waals surface area (Å²) in [6, 6.07) is 45.3. The van der Waals surface area contributed by atoms with Crippen LogP contribution in [-0.2, 0) is 0 Å². The summed E-state index contributed by atoms with van der Waals surface area (Å²) in [5.74, 6) is 0. The van der Waals surface area contributed by atoms with Crippen molar-refractivity contribution in [3.63, 3.8) is 0 Å². The molecule has 3 heteroatoms. The van der Waals surface area contributed by atoms with Gasteiger partial charge in [-0.2, -0.15) is 0 Å². The highest BCUT2D eigenvalue weighted by molar-refractivity contribution is 14.1. The van der Waals surface area contributed by atoms with Crippen LogP contribution in [0.25, 0.3) is 38.6 Å². The van der Waals surface area contributed by atoms with E-state index in [0.29, 0.717) is 0 Å². The number of benzene rings is 5. The average molecular weight is 536 g/mol. The van der Waals surface area contributed by atoms with E-state index in [-0.39, 0.29) is 0 Å². The molecule has 0 atom stereocenters. The summed E-state index contributed by atoms with van der Waals surface area (Å²) in [5.41, 5.74) is 8.41. The Morgan fingerprint density at radius 3 is 1.82 bits per heavy atom. The second-order valence-electron chi connectivity index (χ2n) is 8.08. The lowest BCUT2D eigenvalue weighted by atomic mass is 10.0. The minimum Gasteiger partial charge on any atom is -0.309 e. The standard InChI is InChI=1S/C30H21IN2/c31-33(25-11-5-2-6-12-25)26-18-15-22(16-19-26)23-17-20-30-28(21-23)27-13-7-8-14-29(27)32(30)24-9-3-1-4-10-24/h1-21H. The van der Waals surface area contributed by atoms with Crippen molar-refractivity contribution < 1.29 is 0 Å². The molecule has 158 valence electrons. The van der Waals surface area contributed by atoms with Gasteiger partial charge in [0, 0.05) is 16.5 Å². The lowest BCUT2D eigenvalue weighted by Crippen LogP contribution is -1.99. The minimum absolute atomic E-state index is 1.16. The monoisotopic (exact) mass is 536 g/mol. The Morgan fingerprint density at radius 2 is 1.06 bits per heavy atom. The van der Waals surface area contributed by atoms with Crippen molar-refractivity contribution in [1.29, 1.82) is 0 Å². The van der Waals surface area contributed by atoms with Crippen LogP contribution in [0.1, 0.15) is 0 Å². The van der Waals surface area contributed by atoms with E-state index in [4.69, 9.17) is 0 Å². The Labute approximate surface area is 207 Å². The molecule has 0 fully saturated rings. The molecule has 1 aromatic heterocycles. The maximum atomic E-state index is 2.36. The Hall–Kier alpha value is -3.57. The van der Waals surface area contributed by atoms with Crippen molar-refractivity contribution in [3.8, 4) is 16.8 Å². The van der Waals surface area contributed by atoms with Gasteiger partial charge in [0.15, 0.2) is 0 Å². The van der Waals surface area contributed by atoms with Crippen LogP contribution in [0.5, 0.6) is 0 Å². The highest BCUT2D eigenvalue weighted by Gasteiger charge is 2.13. The highest BCUT2D eigenvalue weighted by Crippen LogP contribution is 2.36. The minimum atomic E-state index is 1.16. The van der Waals surface area contributed by atoms with Crippen molar-refractivity contribution in [2.24, 2.45) is 0 Å². The van der Waals surface area contributed by atoms with E-state index in [0.717, 1.165) is 5.69 Å². The smallest absolute Gasteiger partial charge is 0.0646 e. The van der Waals surface area contributed by atoms with E-state index in [1.165, 1.54) is 44.3 Å². The molecule has 0 aliphatic heterocycles. The van der Waals surface area contributed by atoms with E-state index in [1.54, 1.807) is 0 Å². The molecule has 0 saturated heterocycles. The molecule has 0 spiro atoms. The van der Waals surface area contributed by atoms with E-state index < -0.39 is 0 Å². The molecule has 0 bridgehead atoms. The van der Waals surface area contributed by atoms with Gasteiger partial charge in [-0.15, -0.1) is 0 Å². The van der Waals surface area contributed by atoms with E-state index >= 15 is 0 Å². The topological polar surface area (TPSA) is 8.17 Å². The van der Waals surface area contributed by atoms with Crippen LogP contribution in [0.3, 0.4) is 0 Å². The molecule has 6 rings (SSSR count). The fourth-order valence-electron chi connectivity index (χ4n) is 4.50. The SMILES string of the molecule is IN(c1ccccc1)c1ccc(-c2ccc3c(c2)c2ccccc2n3-c2ccccc2)cc1. The van der Waals surface area contributed by atoms with Crippen molar-refractivity contribution in [2.45, 2.75) is 0 Å². The molecule has 0 radical (unpaired) electrons. The molecule has 1 heterocycles. The summed E-state index contributed by atoms with van der Waals surface area (Å²) in [6.07, 6.45) is 0. The maximum absolute atomic E-state index is 2.36. The summed E-state index contributed by atoms with van der Waals surface area (Å²) >= 11 is 2.36.